The third kappa shape index (κ3) is 6.51. The largest absolute Gasteiger partial charge is 0.347 e. The number of allylic oxidation sites excluding steroid dienone is 3. The quantitative estimate of drug-likeness (QED) is 0.447. The van der Waals surface area contributed by atoms with Gasteiger partial charge in [-0.15, -0.1) is 0 Å². The molecule has 0 radical (unpaired) electrons. The van der Waals surface area contributed by atoms with Gasteiger partial charge in [-0.2, -0.15) is 5.10 Å². The molecule has 2 aromatic carbocycles. The molecule has 1 amide bonds. The van der Waals surface area contributed by atoms with Crippen LogP contribution >= 0.6 is 28.1 Å². The van der Waals surface area contributed by atoms with Gasteiger partial charge in [0.2, 0.25) is 0 Å². The number of hydrogen-bond acceptors (Lipinski definition) is 4. The van der Waals surface area contributed by atoms with Crippen molar-refractivity contribution in [3.63, 3.8) is 0 Å². The predicted octanol–water partition coefficient (Wildman–Crippen LogP) is 5.03. The normalized spacial score (nSPS) is 17.3. The molecular weight excluding hydrogens is 517 g/mol. The van der Waals surface area contributed by atoms with E-state index in [1.807, 2.05) is 48.6 Å². The number of carbonyl (C=O) groups is 1. The summed E-state index contributed by atoms with van der Waals surface area (Å²) in [5.74, 6) is -0.731. The maximum atomic E-state index is 14.2. The smallest absolute Gasteiger partial charge is 0.251 e. The van der Waals surface area contributed by atoms with Gasteiger partial charge in [0.05, 0.1) is 11.4 Å². The second-order valence-corrected chi connectivity index (χ2v) is 9.33. The van der Waals surface area contributed by atoms with Crippen molar-refractivity contribution < 1.29 is 9.18 Å². The summed E-state index contributed by atoms with van der Waals surface area (Å²) >= 11 is 8.62. The molecule has 2 aromatic rings. The van der Waals surface area contributed by atoms with Crippen LogP contribution in [0.4, 0.5) is 10.1 Å². The molecular formula is C25H25BrFN5OS. The summed E-state index contributed by atoms with van der Waals surface area (Å²) in [6.45, 7) is 1.99. The highest BCUT2D eigenvalue weighted by Gasteiger charge is 2.23. The SMILES string of the molecule is O=C(NC1=CCC(=NN2CCCC2)C=C1)[C@@H](NC(=S)Nc1ccc(Br)cc1F)c1ccccc1. The first-order valence-electron chi connectivity index (χ1n) is 11.1. The number of thiocarbonyl (C=S) groups is 1. The number of benzene rings is 2. The van der Waals surface area contributed by atoms with Gasteiger partial charge in [-0.3, -0.25) is 9.80 Å². The molecule has 1 aliphatic carbocycles. The average Bonchev–Trinajstić information content (AvgIpc) is 3.34. The van der Waals surface area contributed by atoms with Crippen molar-refractivity contribution in [2.45, 2.75) is 25.3 Å². The van der Waals surface area contributed by atoms with Crippen molar-refractivity contribution in [3.05, 3.63) is 88.3 Å². The number of carbonyl (C=O) groups excluding carboxylic acids is 1. The minimum atomic E-state index is -0.770. The summed E-state index contributed by atoms with van der Waals surface area (Å²) in [5.41, 5.74) is 2.62. The molecule has 0 aromatic heterocycles. The Balaban J connectivity index is 1.42. The summed E-state index contributed by atoms with van der Waals surface area (Å²) in [6.07, 6.45) is 8.73. The molecule has 1 saturated heterocycles. The third-order valence-corrected chi connectivity index (χ3v) is 6.17. The van der Waals surface area contributed by atoms with Crippen LogP contribution in [0.2, 0.25) is 0 Å². The number of nitrogens with one attached hydrogen (secondary N) is 3. The molecule has 1 aliphatic heterocycles. The van der Waals surface area contributed by atoms with E-state index in [1.165, 1.54) is 18.9 Å². The van der Waals surface area contributed by atoms with Crippen LogP contribution in [0.15, 0.2) is 82.0 Å². The molecule has 9 heteroatoms. The first-order chi connectivity index (χ1) is 16.5. The number of nitrogens with zero attached hydrogens (tertiary/aromatic N) is 2. The van der Waals surface area contributed by atoms with E-state index in [2.05, 4.69) is 42.0 Å². The van der Waals surface area contributed by atoms with Crippen LogP contribution in [0.1, 0.15) is 30.9 Å². The van der Waals surface area contributed by atoms with E-state index in [9.17, 15) is 9.18 Å². The molecule has 4 rings (SSSR count). The van der Waals surface area contributed by atoms with Gasteiger partial charge in [-0.05, 0) is 61.0 Å². The van der Waals surface area contributed by atoms with Gasteiger partial charge in [-0.1, -0.05) is 52.3 Å². The van der Waals surface area contributed by atoms with Crippen molar-refractivity contribution in [1.29, 1.82) is 0 Å². The standard InChI is InChI=1S/C25H25BrFN5OS/c26-18-8-13-22(21(27)16-18)29-25(34)30-23(17-6-2-1-3-7-17)24(33)28-19-9-11-20(12-10-19)31-32-14-4-5-15-32/h1-3,6-11,13,16,23H,4-5,12,14-15H2,(H,28,33)(H2,29,30,34)/t23-/m0/s1. The predicted molar refractivity (Wildman–Crippen MR) is 141 cm³/mol. The molecule has 6 nitrogen and oxygen atoms in total. The molecule has 176 valence electrons. The minimum Gasteiger partial charge on any atom is -0.347 e. The zero-order chi connectivity index (χ0) is 23.9. The molecule has 1 atom stereocenters. The lowest BCUT2D eigenvalue weighted by molar-refractivity contribution is -0.122. The number of amides is 1. The van der Waals surface area contributed by atoms with Gasteiger partial charge in [-0.25, -0.2) is 4.39 Å². The summed E-state index contributed by atoms with van der Waals surface area (Å²) < 4.78 is 14.8. The van der Waals surface area contributed by atoms with Crippen molar-refractivity contribution in [1.82, 2.24) is 15.6 Å². The van der Waals surface area contributed by atoms with Crippen LogP contribution in [-0.2, 0) is 4.79 Å². The van der Waals surface area contributed by atoms with E-state index < -0.39 is 11.9 Å². The fourth-order valence-electron chi connectivity index (χ4n) is 3.73. The highest BCUT2D eigenvalue weighted by atomic mass is 79.9. The summed E-state index contributed by atoms with van der Waals surface area (Å²) in [5, 5.41) is 15.7. The molecule has 0 spiro atoms. The fourth-order valence-corrected chi connectivity index (χ4v) is 4.29. The number of halogens is 2. The van der Waals surface area contributed by atoms with E-state index >= 15 is 0 Å². The molecule has 0 saturated carbocycles. The summed E-state index contributed by atoms with van der Waals surface area (Å²) in [7, 11) is 0. The van der Waals surface area contributed by atoms with Crippen LogP contribution in [-0.4, -0.2) is 34.8 Å². The Kier molecular flexibility index (Phi) is 8.08. The van der Waals surface area contributed by atoms with Crippen molar-refractivity contribution in [3.8, 4) is 0 Å². The number of hydrazone groups is 1. The van der Waals surface area contributed by atoms with Crippen LogP contribution < -0.4 is 16.0 Å². The second kappa shape index (κ2) is 11.4. The monoisotopic (exact) mass is 541 g/mol. The Bertz CT molecular complexity index is 1150. The zero-order valence-corrected chi connectivity index (χ0v) is 20.8. The highest BCUT2D eigenvalue weighted by Crippen LogP contribution is 2.20. The number of hydrogen-bond donors (Lipinski definition) is 3. The minimum absolute atomic E-state index is 0.137. The van der Waals surface area contributed by atoms with Gasteiger partial charge in [0.1, 0.15) is 11.9 Å². The Hall–Kier alpha value is -3.04. The van der Waals surface area contributed by atoms with E-state index in [1.54, 1.807) is 12.1 Å². The average molecular weight is 542 g/mol. The first-order valence-corrected chi connectivity index (χ1v) is 12.3. The molecule has 1 heterocycles. The van der Waals surface area contributed by atoms with E-state index in [0.717, 1.165) is 24.4 Å². The molecule has 0 bridgehead atoms. The summed E-state index contributed by atoms with van der Waals surface area (Å²) in [6, 6.07) is 13.1. The molecule has 1 fully saturated rings. The van der Waals surface area contributed by atoms with E-state index in [4.69, 9.17) is 12.2 Å². The molecule has 3 N–H and O–H groups in total. The molecule has 34 heavy (non-hydrogen) atoms. The van der Waals surface area contributed by atoms with Gasteiger partial charge in [0.25, 0.3) is 5.91 Å². The summed E-state index contributed by atoms with van der Waals surface area (Å²) in [4.78, 5) is 13.2. The van der Waals surface area contributed by atoms with E-state index in [-0.39, 0.29) is 16.7 Å². The maximum absolute atomic E-state index is 14.2. The fraction of sp³-hybridized carbons (Fsp3) is 0.240. The van der Waals surface area contributed by atoms with Crippen LogP contribution in [0.5, 0.6) is 0 Å². The lowest BCUT2D eigenvalue weighted by atomic mass is 10.1. The number of anilines is 1. The first kappa shape index (κ1) is 24.1. The lowest BCUT2D eigenvalue weighted by Gasteiger charge is -2.22. The van der Waals surface area contributed by atoms with Crippen molar-refractivity contribution >= 4 is 50.6 Å². The molecule has 0 unspecified atom stereocenters. The van der Waals surface area contributed by atoms with Crippen LogP contribution in [0, 0.1) is 5.82 Å². The van der Waals surface area contributed by atoms with Crippen LogP contribution in [0.25, 0.3) is 0 Å². The van der Waals surface area contributed by atoms with Gasteiger partial charge >= 0.3 is 0 Å². The number of rotatable bonds is 6. The van der Waals surface area contributed by atoms with Gasteiger partial charge in [0, 0.05) is 29.7 Å². The Morgan fingerprint density at radius 2 is 1.85 bits per heavy atom. The highest BCUT2D eigenvalue weighted by molar-refractivity contribution is 9.10. The van der Waals surface area contributed by atoms with Crippen molar-refractivity contribution in [2.75, 3.05) is 18.4 Å². The zero-order valence-electron chi connectivity index (χ0n) is 18.4. The van der Waals surface area contributed by atoms with Gasteiger partial charge < -0.3 is 16.0 Å². The lowest BCUT2D eigenvalue weighted by Crippen LogP contribution is -2.41. The Labute approximate surface area is 212 Å². The van der Waals surface area contributed by atoms with Crippen LogP contribution in [0.3, 0.4) is 0 Å². The second-order valence-electron chi connectivity index (χ2n) is 8.00. The Morgan fingerprint density at radius 1 is 1.09 bits per heavy atom. The van der Waals surface area contributed by atoms with Gasteiger partial charge in [0.15, 0.2) is 5.11 Å². The van der Waals surface area contributed by atoms with E-state index in [0.29, 0.717) is 16.6 Å². The molecule has 2 aliphatic rings. The van der Waals surface area contributed by atoms with Crippen molar-refractivity contribution in [2.24, 2.45) is 5.10 Å². The third-order valence-electron chi connectivity index (χ3n) is 5.46. The Morgan fingerprint density at radius 3 is 2.53 bits per heavy atom. The topological polar surface area (TPSA) is 68.8 Å². The maximum Gasteiger partial charge on any atom is 0.251 e.